The number of nitrogen functional groups attached to an aromatic ring is 2. The van der Waals surface area contributed by atoms with E-state index in [4.69, 9.17) is 16.2 Å². The SMILES string of the molecule is CCCc1cc(Cc2cnc(N)nc2N)cc(CCC)c1OC.CCCc1cccc(CCC)c1O. The predicted molar refractivity (Wildman–Crippen MR) is 151 cm³/mol. The Labute approximate surface area is 217 Å². The van der Waals surface area contributed by atoms with Gasteiger partial charge in [0.1, 0.15) is 17.3 Å². The number of phenols is 1. The summed E-state index contributed by atoms with van der Waals surface area (Å²) in [7, 11) is 1.75. The van der Waals surface area contributed by atoms with Crippen molar-refractivity contribution in [2.24, 2.45) is 0 Å². The van der Waals surface area contributed by atoms with Crippen molar-refractivity contribution in [3.8, 4) is 11.5 Å². The number of nitrogens with two attached hydrogens (primary N) is 2. The van der Waals surface area contributed by atoms with E-state index in [1.165, 1.54) is 16.7 Å². The van der Waals surface area contributed by atoms with Crippen LogP contribution in [-0.2, 0) is 32.1 Å². The standard InChI is InChI=1S/C18H26N4O.C12H18O/c1-4-6-13-8-12(9-14(7-5-2)16(13)23-3)10-15-11-21-18(20)22-17(15)19;1-3-6-10-8-5-9-11(7-4-2)12(10)13/h8-9,11H,4-7,10H2,1-3H3,(H4,19,20,21,22);5,8-9,13H,3-4,6-7H2,1-2H3. The van der Waals surface area contributed by atoms with Gasteiger partial charge in [-0.3, -0.25) is 0 Å². The number of anilines is 2. The highest BCUT2D eigenvalue weighted by Crippen LogP contribution is 2.30. The Balaban J connectivity index is 0.000000297. The molecule has 3 aromatic rings. The van der Waals surface area contributed by atoms with Crippen molar-refractivity contribution in [2.45, 2.75) is 85.5 Å². The fourth-order valence-electron chi connectivity index (χ4n) is 4.48. The molecule has 36 heavy (non-hydrogen) atoms. The summed E-state index contributed by atoms with van der Waals surface area (Å²) in [5.74, 6) is 2.20. The lowest BCUT2D eigenvalue weighted by atomic mass is 9.95. The molecule has 0 saturated carbocycles. The fraction of sp³-hybridized carbons (Fsp3) is 0.467. The smallest absolute Gasteiger partial charge is 0.221 e. The van der Waals surface area contributed by atoms with Crippen LogP contribution in [0.15, 0.2) is 36.5 Å². The van der Waals surface area contributed by atoms with E-state index in [9.17, 15) is 5.11 Å². The summed E-state index contributed by atoms with van der Waals surface area (Å²) in [6.07, 6.45) is 10.7. The Morgan fingerprint density at radius 2 is 1.28 bits per heavy atom. The van der Waals surface area contributed by atoms with Gasteiger partial charge in [-0.25, -0.2) is 4.98 Å². The van der Waals surface area contributed by atoms with E-state index in [2.05, 4.69) is 49.8 Å². The molecule has 0 atom stereocenters. The molecule has 0 fully saturated rings. The molecule has 0 aliphatic heterocycles. The van der Waals surface area contributed by atoms with E-state index < -0.39 is 0 Å². The number of benzene rings is 2. The van der Waals surface area contributed by atoms with Gasteiger partial charge in [-0.2, -0.15) is 4.98 Å². The zero-order valence-electron chi connectivity index (χ0n) is 22.7. The van der Waals surface area contributed by atoms with Crippen LogP contribution >= 0.6 is 0 Å². The molecule has 196 valence electrons. The molecule has 0 radical (unpaired) electrons. The van der Waals surface area contributed by atoms with E-state index in [0.29, 0.717) is 18.0 Å². The monoisotopic (exact) mass is 492 g/mol. The van der Waals surface area contributed by atoms with Crippen molar-refractivity contribution < 1.29 is 9.84 Å². The highest BCUT2D eigenvalue weighted by Gasteiger charge is 2.13. The number of hydrogen-bond acceptors (Lipinski definition) is 6. The van der Waals surface area contributed by atoms with Gasteiger partial charge in [0, 0.05) is 18.2 Å². The first-order valence-electron chi connectivity index (χ1n) is 13.2. The number of aromatic hydroxyl groups is 1. The first-order valence-corrected chi connectivity index (χ1v) is 13.2. The molecule has 0 aliphatic rings. The normalized spacial score (nSPS) is 10.6. The lowest BCUT2D eigenvalue weighted by Gasteiger charge is -2.16. The average molecular weight is 493 g/mol. The zero-order chi connectivity index (χ0) is 26.5. The minimum Gasteiger partial charge on any atom is -0.507 e. The lowest BCUT2D eigenvalue weighted by molar-refractivity contribution is 0.403. The number of aryl methyl sites for hydroxylation is 4. The molecule has 0 aliphatic carbocycles. The maximum atomic E-state index is 9.85. The second kappa shape index (κ2) is 15.0. The van der Waals surface area contributed by atoms with Crippen molar-refractivity contribution in [1.29, 1.82) is 0 Å². The third-order valence-corrected chi connectivity index (χ3v) is 6.10. The Kier molecular flexibility index (Phi) is 12.0. The molecular formula is C30H44N4O2. The van der Waals surface area contributed by atoms with Crippen LogP contribution in [0.5, 0.6) is 11.5 Å². The molecule has 0 saturated heterocycles. The molecule has 0 unspecified atom stereocenters. The largest absolute Gasteiger partial charge is 0.507 e. The number of rotatable bonds is 11. The molecule has 1 heterocycles. The van der Waals surface area contributed by atoms with Crippen molar-refractivity contribution in [2.75, 3.05) is 18.6 Å². The summed E-state index contributed by atoms with van der Waals surface area (Å²) in [6.45, 7) is 8.62. The van der Waals surface area contributed by atoms with Gasteiger partial charge in [0.25, 0.3) is 0 Å². The number of aromatic nitrogens is 2. The van der Waals surface area contributed by atoms with Gasteiger partial charge in [0.05, 0.1) is 7.11 Å². The van der Waals surface area contributed by atoms with Gasteiger partial charge in [-0.05, 0) is 53.5 Å². The Morgan fingerprint density at radius 1 is 0.778 bits per heavy atom. The number of ether oxygens (including phenoxy) is 1. The van der Waals surface area contributed by atoms with E-state index in [1.54, 1.807) is 13.3 Å². The summed E-state index contributed by atoms with van der Waals surface area (Å²) < 4.78 is 5.66. The van der Waals surface area contributed by atoms with Crippen LogP contribution in [-0.4, -0.2) is 22.2 Å². The summed E-state index contributed by atoms with van der Waals surface area (Å²) in [5, 5.41) is 9.85. The maximum absolute atomic E-state index is 9.85. The third kappa shape index (κ3) is 8.14. The Morgan fingerprint density at radius 3 is 1.72 bits per heavy atom. The summed E-state index contributed by atoms with van der Waals surface area (Å²) in [5.41, 5.74) is 18.3. The predicted octanol–water partition coefficient (Wildman–Crippen LogP) is 6.44. The Hall–Kier alpha value is -3.28. The molecule has 1 aromatic heterocycles. The van der Waals surface area contributed by atoms with Crippen LogP contribution in [0.4, 0.5) is 11.8 Å². The molecular weight excluding hydrogens is 448 g/mol. The zero-order valence-corrected chi connectivity index (χ0v) is 22.7. The van der Waals surface area contributed by atoms with Crippen molar-refractivity contribution >= 4 is 11.8 Å². The van der Waals surface area contributed by atoms with Gasteiger partial charge in [-0.1, -0.05) is 83.7 Å². The molecule has 0 bridgehead atoms. The highest BCUT2D eigenvalue weighted by molar-refractivity contribution is 5.49. The quantitative estimate of drug-likeness (QED) is 0.284. The number of para-hydroxylation sites is 1. The van der Waals surface area contributed by atoms with Gasteiger partial charge < -0.3 is 21.3 Å². The average Bonchev–Trinajstić information content (AvgIpc) is 2.85. The number of hydrogen-bond donors (Lipinski definition) is 3. The molecule has 0 amide bonds. The van der Waals surface area contributed by atoms with Gasteiger partial charge >= 0.3 is 0 Å². The van der Waals surface area contributed by atoms with Crippen LogP contribution in [0.1, 0.15) is 86.8 Å². The molecule has 5 N–H and O–H groups in total. The highest BCUT2D eigenvalue weighted by atomic mass is 16.5. The van der Waals surface area contributed by atoms with Gasteiger partial charge in [0.2, 0.25) is 5.95 Å². The van der Waals surface area contributed by atoms with Crippen molar-refractivity contribution in [3.05, 3.63) is 69.9 Å². The van der Waals surface area contributed by atoms with Crippen LogP contribution in [0.3, 0.4) is 0 Å². The fourth-order valence-corrected chi connectivity index (χ4v) is 4.48. The summed E-state index contributed by atoms with van der Waals surface area (Å²) >= 11 is 0. The van der Waals surface area contributed by atoms with Crippen LogP contribution in [0.2, 0.25) is 0 Å². The van der Waals surface area contributed by atoms with Gasteiger partial charge in [0.15, 0.2) is 0 Å². The minimum atomic E-state index is 0.208. The molecule has 2 aromatic carbocycles. The van der Waals surface area contributed by atoms with E-state index in [1.807, 2.05) is 18.2 Å². The first kappa shape index (κ1) is 29.0. The maximum Gasteiger partial charge on any atom is 0.221 e. The van der Waals surface area contributed by atoms with Crippen molar-refractivity contribution in [1.82, 2.24) is 9.97 Å². The minimum absolute atomic E-state index is 0.208. The molecule has 3 rings (SSSR count). The topological polar surface area (TPSA) is 107 Å². The van der Waals surface area contributed by atoms with Crippen LogP contribution < -0.4 is 16.2 Å². The molecule has 6 nitrogen and oxygen atoms in total. The van der Waals surface area contributed by atoms with Crippen LogP contribution in [0, 0.1) is 0 Å². The number of nitrogens with zero attached hydrogens (tertiary/aromatic N) is 2. The van der Waals surface area contributed by atoms with Crippen LogP contribution in [0.25, 0.3) is 0 Å². The second-order valence-corrected chi connectivity index (χ2v) is 9.19. The van der Waals surface area contributed by atoms with Crippen molar-refractivity contribution in [3.63, 3.8) is 0 Å². The third-order valence-electron chi connectivity index (χ3n) is 6.10. The van der Waals surface area contributed by atoms with Gasteiger partial charge in [-0.15, -0.1) is 0 Å². The Bertz CT molecular complexity index is 1050. The molecule has 0 spiro atoms. The summed E-state index contributed by atoms with van der Waals surface area (Å²) in [6, 6.07) is 10.5. The second-order valence-electron chi connectivity index (χ2n) is 9.19. The van der Waals surface area contributed by atoms with E-state index >= 15 is 0 Å². The number of phenolic OH excluding ortho intramolecular Hbond substituents is 1. The molecule has 6 heteroatoms. The first-order chi connectivity index (χ1) is 17.4. The lowest BCUT2D eigenvalue weighted by Crippen LogP contribution is -2.05. The van der Waals surface area contributed by atoms with E-state index in [0.717, 1.165) is 73.8 Å². The number of methoxy groups -OCH3 is 1. The summed E-state index contributed by atoms with van der Waals surface area (Å²) in [4.78, 5) is 8.09. The van der Waals surface area contributed by atoms with E-state index in [-0.39, 0.29) is 5.95 Å².